The van der Waals surface area contributed by atoms with Crippen LogP contribution in [0, 0.1) is 23.3 Å². The third-order valence-electron chi connectivity index (χ3n) is 10.1. The Bertz CT molecular complexity index is 2700. The minimum absolute atomic E-state index is 0.369. The fraction of sp³-hybridized carbons (Fsp3) is 0. The zero-order valence-corrected chi connectivity index (χ0v) is 33.4. The van der Waals surface area contributed by atoms with Crippen LogP contribution in [-0.2, 0) is 0 Å². The van der Waals surface area contributed by atoms with Crippen LogP contribution in [0.3, 0.4) is 0 Å². The van der Waals surface area contributed by atoms with Gasteiger partial charge in [-0.1, -0.05) is 0 Å². The van der Waals surface area contributed by atoms with Crippen molar-refractivity contribution in [2.45, 2.75) is 0 Å². The van der Waals surface area contributed by atoms with Crippen LogP contribution in [0.2, 0.25) is 0 Å². The maximum atomic E-state index is 14.4. The molecule has 4 aromatic carbocycles. The third-order valence-corrected chi connectivity index (χ3v) is 21.2. The number of aromatic nitrogens is 2. The number of benzene rings is 4. The van der Waals surface area contributed by atoms with Crippen LogP contribution in [-0.4, -0.2) is 38.3 Å². The van der Waals surface area contributed by atoms with Crippen molar-refractivity contribution in [1.82, 2.24) is 4.75 Å². The van der Waals surface area contributed by atoms with Crippen LogP contribution in [0.1, 0.15) is 33.6 Å². The molecule has 54 heavy (non-hydrogen) atoms. The molecule has 0 N–H and O–H groups in total. The molecule has 0 fully saturated rings. The van der Waals surface area contributed by atoms with E-state index >= 15 is 0 Å². The second-order valence-electron chi connectivity index (χ2n) is 13.2. The van der Waals surface area contributed by atoms with Crippen molar-refractivity contribution in [1.29, 1.82) is 0 Å². The Labute approximate surface area is 319 Å². The van der Waals surface area contributed by atoms with Gasteiger partial charge < -0.3 is 0 Å². The minimum atomic E-state index is -4.24. The molecule has 10 heteroatoms. The van der Waals surface area contributed by atoms with Crippen LogP contribution in [0.25, 0.3) is 22.3 Å². The van der Waals surface area contributed by atoms with Crippen molar-refractivity contribution >= 4 is 64.1 Å². The first kappa shape index (κ1) is 33.0. The van der Waals surface area contributed by atoms with Gasteiger partial charge in [0.1, 0.15) is 0 Å². The predicted octanol–water partition coefficient (Wildman–Crippen LogP) is 8.43. The van der Waals surface area contributed by atoms with Gasteiger partial charge in [0.05, 0.1) is 0 Å². The van der Waals surface area contributed by atoms with E-state index in [9.17, 15) is 17.6 Å². The fourth-order valence-corrected chi connectivity index (χ4v) is 19.2. The van der Waals surface area contributed by atoms with Crippen LogP contribution in [0.15, 0.2) is 167 Å². The number of rotatable bonds is 4. The Kier molecular flexibility index (Phi) is 7.81. The second-order valence-corrected chi connectivity index (χ2v) is 23.1. The number of fused-ring (bicyclic) bond motifs is 2. The average molecular weight is 925 g/mol. The van der Waals surface area contributed by atoms with E-state index in [1.807, 2.05) is 48.6 Å². The molecular weight excluding hydrogens is 900 g/mol. The molecule has 0 radical (unpaired) electrons. The molecule has 0 saturated carbocycles. The van der Waals surface area contributed by atoms with Crippen molar-refractivity contribution in [3.8, 4) is 0 Å². The van der Waals surface area contributed by atoms with Gasteiger partial charge in [0.2, 0.25) is 0 Å². The molecule has 6 bridgehead atoms. The molecule has 0 spiro atoms. The average Bonchev–Trinajstić information content (AvgIpc) is 4.00. The topological polar surface area (TPSA) is 34.6 Å². The van der Waals surface area contributed by atoms with Crippen molar-refractivity contribution in [3.05, 3.63) is 225 Å². The van der Waals surface area contributed by atoms with E-state index in [1.165, 1.54) is 48.5 Å². The summed E-state index contributed by atoms with van der Waals surface area (Å²) < 4.78 is 62.1. The van der Waals surface area contributed by atoms with Gasteiger partial charge in [0, 0.05) is 0 Å². The Morgan fingerprint density at radius 2 is 0.722 bits per heavy atom. The van der Waals surface area contributed by atoms with Crippen molar-refractivity contribution in [2.24, 2.45) is 9.98 Å². The Morgan fingerprint density at radius 1 is 0.389 bits per heavy atom. The quantitative estimate of drug-likeness (QED) is 0.126. The van der Waals surface area contributed by atoms with Crippen LogP contribution in [0.4, 0.5) is 17.6 Å². The van der Waals surface area contributed by atoms with Gasteiger partial charge in [-0.3, -0.25) is 0 Å². The first-order valence-corrected chi connectivity index (χ1v) is 26.7. The Morgan fingerprint density at radius 3 is 1.07 bits per heavy atom. The monoisotopic (exact) mass is 924 g/mol. The molecular formula is C44H24ClF4N4Tl. The predicted molar refractivity (Wildman–Crippen MR) is 206 cm³/mol. The zero-order valence-electron chi connectivity index (χ0n) is 28.1. The molecule has 4 nitrogen and oxygen atoms in total. The van der Waals surface area contributed by atoms with E-state index in [0.717, 1.165) is 66.6 Å². The van der Waals surface area contributed by atoms with Crippen molar-refractivity contribution < 1.29 is 17.6 Å². The number of nitrogens with zero attached hydrogens (tertiary/aromatic N) is 4. The summed E-state index contributed by atoms with van der Waals surface area (Å²) in [5.74, 6) is -1.48. The summed E-state index contributed by atoms with van der Waals surface area (Å²) >= 11 is -4.24. The van der Waals surface area contributed by atoms with E-state index < -0.39 is 22.1 Å². The zero-order chi connectivity index (χ0) is 36.7. The molecule has 0 unspecified atom stereocenters. The fourth-order valence-electron chi connectivity index (χ4n) is 7.74. The molecule has 2 aromatic heterocycles. The maximum absolute atomic E-state index is 14.4. The Hall–Kier alpha value is -5.59. The summed E-state index contributed by atoms with van der Waals surface area (Å²) in [6.07, 6.45) is 7.77. The van der Waals surface area contributed by atoms with E-state index in [-0.39, 0.29) is 23.3 Å². The molecule has 6 heterocycles. The van der Waals surface area contributed by atoms with Crippen molar-refractivity contribution in [3.63, 3.8) is 0 Å². The number of aliphatic imine (C=N–C) groups is 2. The van der Waals surface area contributed by atoms with Crippen LogP contribution in [0.5, 0.6) is 0 Å². The van der Waals surface area contributed by atoms with Gasteiger partial charge in [-0.2, -0.15) is 0 Å². The van der Waals surface area contributed by atoms with Crippen LogP contribution < -0.4 is 10.7 Å². The summed E-state index contributed by atoms with van der Waals surface area (Å²) in [5.41, 5.74) is 10.2. The Balaban J connectivity index is 1.43. The van der Waals surface area contributed by atoms with Gasteiger partial charge in [-0.25, -0.2) is 0 Å². The first-order chi connectivity index (χ1) is 26.3. The molecule has 0 atom stereocenters. The van der Waals surface area contributed by atoms with Gasteiger partial charge in [-0.15, -0.1) is 0 Å². The first-order valence-electron chi connectivity index (χ1n) is 17.2. The third kappa shape index (κ3) is 5.30. The summed E-state index contributed by atoms with van der Waals surface area (Å²) in [7, 11) is 8.17. The van der Waals surface area contributed by atoms with Gasteiger partial charge in [-0.05, 0) is 0 Å². The summed E-state index contributed by atoms with van der Waals surface area (Å²) in [6.45, 7) is 0. The molecule has 10 rings (SSSR count). The molecule has 6 aromatic rings. The molecule has 4 aliphatic rings. The van der Waals surface area contributed by atoms with Gasteiger partial charge in [0.15, 0.2) is 0 Å². The standard InChI is InChI=1S/C44H24F4N4.ClH.Tl/c45-29-9-1-25(2-10-29)41-33-17-19-35(49-33)42(26-3-11-30(46)12-4-26)37-21-23-39(51-37)44(28-7-15-32(48)16-8-28)40-24-22-38(52-40)43(36-20-18-34(41)50-36)27-5-13-31(47)14-6-27;;/h1-24H;1H;/q-2;;+3/p-1. The molecule has 0 saturated heterocycles. The second kappa shape index (κ2) is 12.8. The number of allylic oxidation sites excluding steroid dienone is 4. The van der Waals surface area contributed by atoms with Gasteiger partial charge in [0.25, 0.3) is 0 Å². The molecule has 258 valence electrons. The normalized spacial score (nSPS) is 15.7. The van der Waals surface area contributed by atoms with E-state index in [1.54, 1.807) is 48.5 Å². The van der Waals surface area contributed by atoms with Crippen LogP contribution >= 0.6 is 8.32 Å². The molecule has 0 amide bonds. The summed E-state index contributed by atoms with van der Waals surface area (Å²) in [4.78, 5) is 10.5. The summed E-state index contributed by atoms with van der Waals surface area (Å²) in [6, 6.07) is 33.3. The number of hydrogen-bond acceptors (Lipinski definition) is 2. The SMILES string of the molecule is Fc1ccc(C2=C3C=CC(=N3)C(c3ccc(F)cc3)=c3ccc4[n]3[Tl]([Cl])[n]3c2ccc3C(c2ccc(F)cc2)=C2C=CC(=N2)C=4c2ccc(F)cc2)cc1. The van der Waals surface area contributed by atoms with Crippen molar-refractivity contribution in [2.75, 3.05) is 0 Å². The number of halogens is 5. The van der Waals surface area contributed by atoms with Gasteiger partial charge >= 0.3 is 321 Å². The molecule has 0 aliphatic carbocycles. The van der Waals surface area contributed by atoms with E-state index in [2.05, 4.69) is 4.75 Å². The number of hydrogen-bond donors (Lipinski definition) is 0. The van der Waals surface area contributed by atoms with E-state index in [0.29, 0.717) is 22.8 Å². The molecule has 4 aliphatic heterocycles. The summed E-state index contributed by atoms with van der Waals surface area (Å²) in [5, 5.41) is 1.57. The van der Waals surface area contributed by atoms with E-state index in [4.69, 9.17) is 18.3 Å².